The molecule has 1 aromatic carbocycles. The van der Waals surface area contributed by atoms with E-state index in [-0.39, 0.29) is 24.2 Å². The highest BCUT2D eigenvalue weighted by Crippen LogP contribution is 2.57. The fourth-order valence-electron chi connectivity index (χ4n) is 2.51. The number of non-ortho nitro benzene ring substituents is 1. The summed E-state index contributed by atoms with van der Waals surface area (Å²) in [7, 11) is -3.83. The van der Waals surface area contributed by atoms with Crippen molar-refractivity contribution in [1.29, 1.82) is 0 Å². The first-order valence-electron chi connectivity index (χ1n) is 9.70. The molecule has 28 heavy (non-hydrogen) atoms. The number of hydrogen-bond acceptors (Lipinski definition) is 6. The van der Waals surface area contributed by atoms with Gasteiger partial charge in [-0.3, -0.25) is 19.5 Å². The average molecular weight is 411 g/mol. The van der Waals surface area contributed by atoms with Gasteiger partial charge in [0.1, 0.15) is 5.31 Å². The van der Waals surface area contributed by atoms with E-state index >= 15 is 0 Å². The van der Waals surface area contributed by atoms with Gasteiger partial charge in [-0.1, -0.05) is 51.7 Å². The number of Topliss-reactive ketones (excluding diaryl/α,β-unsaturated/α-hetero) is 1. The lowest BCUT2D eigenvalue weighted by Crippen LogP contribution is -2.07. The molecule has 0 amide bonds. The fourth-order valence-corrected chi connectivity index (χ4v) is 4.29. The summed E-state index contributed by atoms with van der Waals surface area (Å²) in [6.45, 7) is 5.83. The van der Waals surface area contributed by atoms with E-state index < -0.39 is 18.3 Å². The monoisotopic (exact) mass is 411 g/mol. The summed E-state index contributed by atoms with van der Waals surface area (Å²) in [4.78, 5) is 22.7. The lowest BCUT2D eigenvalue weighted by molar-refractivity contribution is -0.384. The van der Waals surface area contributed by atoms with Gasteiger partial charge in [-0.15, -0.1) is 0 Å². The second-order valence-corrected chi connectivity index (χ2v) is 8.51. The molecule has 0 spiro atoms. The van der Waals surface area contributed by atoms with Gasteiger partial charge < -0.3 is 9.05 Å². The SMILES string of the molecule is CCCCCOP(=O)(OCCCCC)/C(=C/c1cccc([N+](=O)[O-])c1)C(C)=O. The van der Waals surface area contributed by atoms with Crippen LogP contribution in [-0.2, 0) is 18.4 Å². The van der Waals surface area contributed by atoms with Crippen LogP contribution >= 0.6 is 7.60 Å². The zero-order valence-corrected chi connectivity index (χ0v) is 17.8. The summed E-state index contributed by atoms with van der Waals surface area (Å²) < 4.78 is 24.6. The molecule has 1 rings (SSSR count). The molecule has 0 radical (unpaired) electrons. The molecule has 0 N–H and O–H groups in total. The van der Waals surface area contributed by atoms with Crippen LogP contribution < -0.4 is 0 Å². The van der Waals surface area contributed by atoms with Crippen LogP contribution in [0.5, 0.6) is 0 Å². The van der Waals surface area contributed by atoms with Gasteiger partial charge in [0.05, 0.1) is 18.1 Å². The number of nitro benzene ring substituents is 1. The first-order chi connectivity index (χ1) is 13.3. The first kappa shape index (κ1) is 24.2. The van der Waals surface area contributed by atoms with Crippen molar-refractivity contribution in [1.82, 2.24) is 0 Å². The molecule has 0 aliphatic rings. The number of nitrogens with zero attached hydrogens (tertiary/aromatic N) is 1. The summed E-state index contributed by atoms with van der Waals surface area (Å²) in [5.41, 5.74) is 0.285. The lowest BCUT2D eigenvalue weighted by Gasteiger charge is -2.20. The van der Waals surface area contributed by atoms with Gasteiger partial charge in [-0.2, -0.15) is 0 Å². The van der Waals surface area contributed by atoms with E-state index in [1.807, 2.05) is 13.8 Å². The van der Waals surface area contributed by atoms with Crippen LogP contribution in [0.2, 0.25) is 0 Å². The Morgan fingerprint density at radius 1 is 1.11 bits per heavy atom. The van der Waals surface area contributed by atoms with E-state index in [0.717, 1.165) is 25.7 Å². The molecular formula is C20H30NO6P. The largest absolute Gasteiger partial charge is 0.364 e. The summed E-state index contributed by atoms with van der Waals surface area (Å²) in [6.07, 6.45) is 6.58. The molecule has 0 aliphatic carbocycles. The van der Waals surface area contributed by atoms with Gasteiger partial charge in [0.15, 0.2) is 5.78 Å². The minimum absolute atomic E-state index is 0.0824. The summed E-state index contributed by atoms with van der Waals surface area (Å²) in [5.74, 6) is -0.444. The molecule has 0 unspecified atom stereocenters. The number of unbranched alkanes of at least 4 members (excludes halogenated alkanes) is 4. The standard InChI is InChI=1S/C20H30NO6P/c1-4-6-8-13-26-28(25,27-14-9-7-5-2)20(17(3)22)16-18-11-10-12-19(15-18)21(23)24/h10-12,15-16H,4-9,13-14H2,1-3H3/b20-16+. The summed E-state index contributed by atoms with van der Waals surface area (Å²) >= 11 is 0. The highest BCUT2D eigenvalue weighted by Gasteiger charge is 2.33. The van der Waals surface area contributed by atoms with Crippen molar-refractivity contribution in [2.75, 3.05) is 13.2 Å². The first-order valence-corrected chi connectivity index (χ1v) is 11.2. The molecule has 0 aliphatic heterocycles. The number of hydrogen-bond donors (Lipinski definition) is 0. The highest BCUT2D eigenvalue weighted by atomic mass is 31.2. The van der Waals surface area contributed by atoms with Gasteiger partial charge in [-0.25, -0.2) is 0 Å². The van der Waals surface area contributed by atoms with E-state index in [0.29, 0.717) is 18.4 Å². The normalized spacial score (nSPS) is 12.2. The Hall–Kier alpha value is -1.82. The fraction of sp³-hybridized carbons (Fsp3) is 0.550. The van der Waals surface area contributed by atoms with Crippen molar-refractivity contribution >= 4 is 25.1 Å². The van der Waals surface area contributed by atoms with E-state index in [2.05, 4.69) is 0 Å². The minimum Gasteiger partial charge on any atom is -0.305 e. The van der Waals surface area contributed by atoms with Gasteiger partial charge in [-0.05, 0) is 31.4 Å². The Labute approximate surface area is 166 Å². The molecule has 0 bridgehead atoms. The number of carbonyl (C=O) groups excluding carboxylic acids is 1. The molecule has 0 heterocycles. The molecule has 0 fully saturated rings. The maximum atomic E-state index is 13.4. The second-order valence-electron chi connectivity index (χ2n) is 6.52. The van der Waals surface area contributed by atoms with Crippen LogP contribution in [0.25, 0.3) is 6.08 Å². The average Bonchev–Trinajstić information content (AvgIpc) is 2.67. The number of benzene rings is 1. The van der Waals surface area contributed by atoms with E-state index in [1.165, 1.54) is 31.2 Å². The Morgan fingerprint density at radius 3 is 2.14 bits per heavy atom. The van der Waals surface area contributed by atoms with Crippen molar-refractivity contribution in [3.05, 3.63) is 45.3 Å². The molecule has 0 atom stereocenters. The molecule has 8 heteroatoms. The third-order valence-corrected chi connectivity index (χ3v) is 6.14. The zero-order valence-electron chi connectivity index (χ0n) is 16.9. The third-order valence-electron chi connectivity index (χ3n) is 4.06. The summed E-state index contributed by atoms with van der Waals surface area (Å²) in [5, 5.41) is 10.9. The molecule has 0 aromatic heterocycles. The van der Waals surface area contributed by atoms with Gasteiger partial charge in [0.2, 0.25) is 0 Å². The molecule has 0 saturated heterocycles. The number of allylic oxidation sites excluding steroid dienone is 1. The molecule has 0 saturated carbocycles. The van der Waals surface area contributed by atoms with Crippen molar-refractivity contribution in [3.63, 3.8) is 0 Å². The minimum atomic E-state index is -3.83. The highest BCUT2D eigenvalue weighted by molar-refractivity contribution is 7.60. The van der Waals surface area contributed by atoms with Crippen LogP contribution in [0.4, 0.5) is 5.69 Å². The van der Waals surface area contributed by atoms with Crippen LogP contribution in [0.1, 0.15) is 64.9 Å². The van der Waals surface area contributed by atoms with Crippen LogP contribution in [0.3, 0.4) is 0 Å². The predicted octanol–water partition coefficient (Wildman–Crippen LogP) is 6.13. The third kappa shape index (κ3) is 8.05. The van der Waals surface area contributed by atoms with Crippen molar-refractivity contribution in [2.24, 2.45) is 0 Å². The summed E-state index contributed by atoms with van der Waals surface area (Å²) in [6, 6.07) is 5.79. The number of ketones is 1. The van der Waals surface area contributed by atoms with E-state index in [1.54, 1.807) is 6.07 Å². The maximum absolute atomic E-state index is 13.4. The Morgan fingerprint density at radius 2 is 1.68 bits per heavy atom. The van der Waals surface area contributed by atoms with Gasteiger partial charge in [0, 0.05) is 12.1 Å². The molecule has 156 valence electrons. The van der Waals surface area contributed by atoms with Gasteiger partial charge >= 0.3 is 7.60 Å². The van der Waals surface area contributed by atoms with Crippen molar-refractivity contribution < 1.29 is 23.3 Å². The van der Waals surface area contributed by atoms with Gasteiger partial charge in [0.25, 0.3) is 5.69 Å². The molecule has 7 nitrogen and oxygen atoms in total. The maximum Gasteiger partial charge on any atom is 0.364 e. The molecule has 1 aromatic rings. The van der Waals surface area contributed by atoms with Crippen LogP contribution in [-0.4, -0.2) is 23.9 Å². The Bertz CT molecular complexity index is 715. The second kappa shape index (κ2) is 12.6. The van der Waals surface area contributed by atoms with Crippen LogP contribution in [0, 0.1) is 10.1 Å². The van der Waals surface area contributed by atoms with E-state index in [4.69, 9.17) is 9.05 Å². The van der Waals surface area contributed by atoms with Crippen molar-refractivity contribution in [3.8, 4) is 0 Å². The quantitative estimate of drug-likeness (QED) is 0.120. The number of carbonyl (C=O) groups is 1. The number of nitro groups is 1. The lowest BCUT2D eigenvalue weighted by atomic mass is 10.2. The van der Waals surface area contributed by atoms with E-state index in [9.17, 15) is 19.5 Å². The Balaban J connectivity index is 3.17. The number of rotatable bonds is 14. The predicted molar refractivity (Wildman–Crippen MR) is 110 cm³/mol. The smallest absolute Gasteiger partial charge is 0.305 e. The zero-order chi connectivity index (χ0) is 21.0. The van der Waals surface area contributed by atoms with Crippen molar-refractivity contribution in [2.45, 2.75) is 59.3 Å². The topological polar surface area (TPSA) is 95.7 Å². The van der Waals surface area contributed by atoms with Crippen LogP contribution in [0.15, 0.2) is 29.6 Å². The molecular weight excluding hydrogens is 381 g/mol. The Kier molecular flexibility index (Phi) is 10.9.